The number of alkyl halides is 3. The molecule has 0 aliphatic rings. The number of hydrogen-bond acceptors (Lipinski definition) is 1. The fraction of sp³-hybridized carbons (Fsp3) is 0.538. The van der Waals surface area contributed by atoms with E-state index in [1.54, 1.807) is 6.07 Å². The van der Waals surface area contributed by atoms with E-state index in [2.05, 4.69) is 0 Å². The van der Waals surface area contributed by atoms with Gasteiger partial charge in [-0.05, 0) is 30.4 Å². The molecule has 2 N–H and O–H groups in total. The van der Waals surface area contributed by atoms with Gasteiger partial charge in [0.1, 0.15) is 0 Å². The van der Waals surface area contributed by atoms with Gasteiger partial charge in [-0.2, -0.15) is 13.2 Å². The van der Waals surface area contributed by atoms with Crippen molar-refractivity contribution in [3.8, 4) is 0 Å². The minimum atomic E-state index is -4.28. The van der Waals surface area contributed by atoms with Crippen LogP contribution in [0, 0.1) is 5.92 Å². The average molecular weight is 245 g/mol. The number of hydrogen-bond donors (Lipinski definition) is 1. The molecule has 4 heteroatoms. The topological polar surface area (TPSA) is 26.0 Å². The van der Waals surface area contributed by atoms with E-state index in [4.69, 9.17) is 5.73 Å². The molecule has 0 aromatic heterocycles. The zero-order chi connectivity index (χ0) is 13.1. The summed E-state index contributed by atoms with van der Waals surface area (Å²) in [7, 11) is 0. The van der Waals surface area contributed by atoms with E-state index in [1.165, 1.54) is 12.1 Å². The molecular formula is C13H18F3N. The highest BCUT2D eigenvalue weighted by atomic mass is 19.4. The van der Waals surface area contributed by atoms with Gasteiger partial charge in [0.15, 0.2) is 0 Å². The van der Waals surface area contributed by atoms with Crippen LogP contribution in [0.5, 0.6) is 0 Å². The van der Waals surface area contributed by atoms with E-state index in [0.717, 1.165) is 12.5 Å². The normalized spacial score (nSPS) is 14.1. The standard InChI is InChI=1S/C13H18F3N/c1-9(2)6-12(17)8-10-4-3-5-11(7-10)13(14,15)16/h3-5,7,9,12H,6,8,17H2,1-2H3. The van der Waals surface area contributed by atoms with Gasteiger partial charge < -0.3 is 5.73 Å². The van der Waals surface area contributed by atoms with Crippen LogP contribution in [0.1, 0.15) is 31.4 Å². The molecule has 0 saturated carbocycles. The van der Waals surface area contributed by atoms with Crippen molar-refractivity contribution in [3.05, 3.63) is 35.4 Å². The van der Waals surface area contributed by atoms with Crippen LogP contribution in [0.15, 0.2) is 24.3 Å². The molecule has 0 aliphatic carbocycles. The van der Waals surface area contributed by atoms with Crippen LogP contribution in [-0.2, 0) is 12.6 Å². The zero-order valence-electron chi connectivity index (χ0n) is 10.1. The van der Waals surface area contributed by atoms with Crippen LogP contribution in [0.25, 0.3) is 0 Å². The monoisotopic (exact) mass is 245 g/mol. The van der Waals surface area contributed by atoms with Gasteiger partial charge in [0, 0.05) is 6.04 Å². The Kier molecular flexibility index (Phi) is 4.57. The van der Waals surface area contributed by atoms with Crippen LogP contribution in [0.3, 0.4) is 0 Å². The molecule has 1 aromatic rings. The summed E-state index contributed by atoms with van der Waals surface area (Å²) in [6.45, 7) is 4.10. The summed E-state index contributed by atoms with van der Waals surface area (Å²) >= 11 is 0. The molecular weight excluding hydrogens is 227 g/mol. The van der Waals surface area contributed by atoms with Gasteiger partial charge in [0.05, 0.1) is 5.56 Å². The smallest absolute Gasteiger partial charge is 0.327 e. The molecule has 1 atom stereocenters. The predicted octanol–water partition coefficient (Wildman–Crippen LogP) is 3.62. The Labute approximate surface area is 99.8 Å². The molecule has 1 aromatic carbocycles. The highest BCUT2D eigenvalue weighted by Gasteiger charge is 2.30. The van der Waals surface area contributed by atoms with Gasteiger partial charge >= 0.3 is 6.18 Å². The van der Waals surface area contributed by atoms with Crippen LogP contribution in [-0.4, -0.2) is 6.04 Å². The molecule has 1 unspecified atom stereocenters. The Morgan fingerprint density at radius 2 is 1.88 bits per heavy atom. The third kappa shape index (κ3) is 4.77. The fourth-order valence-electron chi connectivity index (χ4n) is 1.87. The molecule has 0 bridgehead atoms. The van der Waals surface area contributed by atoms with E-state index in [1.807, 2.05) is 13.8 Å². The molecule has 96 valence electrons. The third-order valence-corrected chi connectivity index (χ3v) is 2.53. The maximum atomic E-state index is 12.5. The lowest BCUT2D eigenvalue weighted by molar-refractivity contribution is -0.137. The summed E-state index contributed by atoms with van der Waals surface area (Å²) in [4.78, 5) is 0. The van der Waals surface area contributed by atoms with E-state index in [0.29, 0.717) is 17.9 Å². The van der Waals surface area contributed by atoms with E-state index < -0.39 is 11.7 Å². The second kappa shape index (κ2) is 5.54. The second-order valence-electron chi connectivity index (χ2n) is 4.79. The minimum absolute atomic E-state index is 0.0847. The second-order valence-corrected chi connectivity index (χ2v) is 4.79. The van der Waals surface area contributed by atoms with Gasteiger partial charge in [0.2, 0.25) is 0 Å². The Morgan fingerprint density at radius 3 is 2.41 bits per heavy atom. The van der Waals surface area contributed by atoms with Gasteiger partial charge in [-0.3, -0.25) is 0 Å². The lowest BCUT2D eigenvalue weighted by atomic mass is 9.97. The van der Waals surface area contributed by atoms with Gasteiger partial charge in [-0.15, -0.1) is 0 Å². The first kappa shape index (κ1) is 14.0. The Balaban J connectivity index is 2.72. The maximum absolute atomic E-state index is 12.5. The molecule has 0 spiro atoms. The van der Waals surface area contributed by atoms with Crippen LogP contribution in [0.4, 0.5) is 13.2 Å². The van der Waals surface area contributed by atoms with Crippen LogP contribution < -0.4 is 5.73 Å². The number of halogens is 3. The summed E-state index contributed by atoms with van der Waals surface area (Å²) in [5.74, 6) is 0.454. The molecule has 1 nitrogen and oxygen atoms in total. The lowest BCUT2D eigenvalue weighted by Gasteiger charge is -2.15. The maximum Gasteiger partial charge on any atom is 0.416 e. The largest absolute Gasteiger partial charge is 0.416 e. The molecule has 17 heavy (non-hydrogen) atoms. The molecule has 1 rings (SSSR count). The zero-order valence-corrected chi connectivity index (χ0v) is 10.1. The van der Waals surface area contributed by atoms with E-state index in [-0.39, 0.29) is 6.04 Å². The number of benzene rings is 1. The van der Waals surface area contributed by atoms with Crippen molar-refractivity contribution >= 4 is 0 Å². The van der Waals surface area contributed by atoms with E-state index in [9.17, 15) is 13.2 Å². The molecule has 0 heterocycles. The summed E-state index contributed by atoms with van der Waals surface area (Å²) < 4.78 is 37.5. The first-order valence-corrected chi connectivity index (χ1v) is 5.70. The van der Waals surface area contributed by atoms with E-state index >= 15 is 0 Å². The first-order valence-electron chi connectivity index (χ1n) is 5.70. The average Bonchev–Trinajstić information content (AvgIpc) is 2.15. The van der Waals surface area contributed by atoms with Crippen molar-refractivity contribution in [1.29, 1.82) is 0 Å². The summed E-state index contributed by atoms with van der Waals surface area (Å²) in [5.41, 5.74) is 5.93. The Hall–Kier alpha value is -1.03. The highest BCUT2D eigenvalue weighted by molar-refractivity contribution is 5.26. The Bertz CT molecular complexity index is 358. The third-order valence-electron chi connectivity index (χ3n) is 2.53. The SMILES string of the molecule is CC(C)CC(N)Cc1cccc(C(F)(F)F)c1. The highest BCUT2D eigenvalue weighted by Crippen LogP contribution is 2.29. The predicted molar refractivity (Wildman–Crippen MR) is 62.6 cm³/mol. The number of rotatable bonds is 4. The first-order chi connectivity index (χ1) is 7.79. The fourth-order valence-corrected chi connectivity index (χ4v) is 1.87. The Morgan fingerprint density at radius 1 is 1.24 bits per heavy atom. The van der Waals surface area contributed by atoms with Crippen LogP contribution >= 0.6 is 0 Å². The van der Waals surface area contributed by atoms with Crippen molar-refractivity contribution in [2.45, 2.75) is 38.9 Å². The summed E-state index contributed by atoms with van der Waals surface area (Å²) in [5, 5.41) is 0. The molecule has 0 radical (unpaired) electrons. The minimum Gasteiger partial charge on any atom is -0.327 e. The van der Waals surface area contributed by atoms with Gasteiger partial charge in [0.25, 0.3) is 0 Å². The van der Waals surface area contributed by atoms with Crippen molar-refractivity contribution in [1.82, 2.24) is 0 Å². The van der Waals surface area contributed by atoms with Crippen molar-refractivity contribution in [2.75, 3.05) is 0 Å². The summed E-state index contributed by atoms with van der Waals surface area (Å²) in [6, 6.07) is 5.30. The number of nitrogens with two attached hydrogens (primary N) is 1. The molecule has 0 fully saturated rings. The molecule has 0 aliphatic heterocycles. The van der Waals surface area contributed by atoms with Crippen molar-refractivity contribution < 1.29 is 13.2 Å². The van der Waals surface area contributed by atoms with Crippen molar-refractivity contribution in [3.63, 3.8) is 0 Å². The van der Waals surface area contributed by atoms with Gasteiger partial charge in [-0.1, -0.05) is 32.0 Å². The summed E-state index contributed by atoms with van der Waals surface area (Å²) in [6.07, 6.45) is -2.98. The molecule has 0 amide bonds. The van der Waals surface area contributed by atoms with Gasteiger partial charge in [-0.25, -0.2) is 0 Å². The molecule has 0 saturated heterocycles. The van der Waals surface area contributed by atoms with Crippen LogP contribution in [0.2, 0.25) is 0 Å². The quantitative estimate of drug-likeness (QED) is 0.861. The lowest BCUT2D eigenvalue weighted by Crippen LogP contribution is -2.24. The van der Waals surface area contributed by atoms with Crippen molar-refractivity contribution in [2.24, 2.45) is 11.7 Å².